The minimum atomic E-state index is -0.204. The molecule has 1 N–H and O–H groups in total. The van der Waals surface area contributed by atoms with Crippen LogP contribution in [0.4, 0.5) is 5.69 Å². The Bertz CT molecular complexity index is 1110. The van der Waals surface area contributed by atoms with E-state index in [-0.39, 0.29) is 10.8 Å². The summed E-state index contributed by atoms with van der Waals surface area (Å²) in [5.41, 5.74) is 4.61. The van der Waals surface area contributed by atoms with Crippen LogP contribution in [0, 0.1) is 0 Å². The van der Waals surface area contributed by atoms with Crippen LogP contribution >= 0.6 is 22.9 Å². The van der Waals surface area contributed by atoms with Gasteiger partial charge < -0.3 is 5.11 Å². The molecule has 0 unspecified atom stereocenters. The Morgan fingerprint density at radius 1 is 1.19 bits per heavy atom. The summed E-state index contributed by atoms with van der Waals surface area (Å²) in [6, 6.07) is 15.1. The van der Waals surface area contributed by atoms with Crippen LogP contribution in [0.2, 0.25) is 5.02 Å². The number of halogens is 1. The molecule has 2 heterocycles. The number of rotatable bonds is 3. The molecule has 0 fully saturated rings. The largest absolute Gasteiger partial charge is 0.493 e. The molecule has 26 heavy (non-hydrogen) atoms. The fourth-order valence-corrected chi connectivity index (χ4v) is 3.92. The van der Waals surface area contributed by atoms with Gasteiger partial charge in [0, 0.05) is 21.9 Å². The molecule has 6 heteroatoms. The maximum absolute atomic E-state index is 12.4. The molecule has 0 atom stereocenters. The fraction of sp³-hybridized carbons (Fsp3) is 0.100. The van der Waals surface area contributed by atoms with Gasteiger partial charge in [-0.1, -0.05) is 53.3 Å². The minimum absolute atomic E-state index is 0.0281. The Balaban J connectivity index is 1.72. The van der Waals surface area contributed by atoms with Crippen molar-refractivity contribution >= 4 is 46.0 Å². The third-order valence-corrected chi connectivity index (χ3v) is 5.46. The lowest BCUT2D eigenvalue weighted by Gasteiger charge is -2.05. The summed E-state index contributed by atoms with van der Waals surface area (Å²) in [6.07, 6.45) is 1.84. The van der Waals surface area contributed by atoms with Crippen molar-refractivity contribution in [2.24, 2.45) is 4.99 Å². The van der Waals surface area contributed by atoms with Crippen LogP contribution in [-0.2, 0) is 6.54 Å². The first-order valence-electron chi connectivity index (χ1n) is 8.07. The maximum Gasteiger partial charge on any atom is 0.310 e. The normalized spacial score (nSPS) is 14.5. The third kappa shape index (κ3) is 3.00. The molecule has 0 aliphatic carbocycles. The molecule has 1 aliphatic rings. The Labute approximate surface area is 159 Å². The van der Waals surface area contributed by atoms with Crippen LogP contribution in [0.5, 0.6) is 5.88 Å². The lowest BCUT2D eigenvalue weighted by molar-refractivity contribution is 0.420. The summed E-state index contributed by atoms with van der Waals surface area (Å²) in [4.78, 5) is 17.2. The van der Waals surface area contributed by atoms with Crippen LogP contribution in [0.15, 0.2) is 58.3 Å². The van der Waals surface area contributed by atoms with Gasteiger partial charge in [-0.3, -0.25) is 14.4 Å². The molecular formula is C20H15ClN2O2S. The van der Waals surface area contributed by atoms with E-state index >= 15 is 0 Å². The Morgan fingerprint density at radius 3 is 2.69 bits per heavy atom. The monoisotopic (exact) mass is 382 g/mol. The van der Waals surface area contributed by atoms with Crippen LogP contribution in [0.1, 0.15) is 22.9 Å². The number of fused-ring (bicyclic) bond motifs is 1. The first-order valence-corrected chi connectivity index (χ1v) is 9.26. The summed E-state index contributed by atoms with van der Waals surface area (Å²) in [5.74, 6) is -0.0281. The SMILES string of the molecule is CC1=Nc2ccccc2/C1=C\c1sc(=O)n(Cc2ccc(Cl)cc2)c1O. The van der Waals surface area contributed by atoms with Gasteiger partial charge in [0.25, 0.3) is 0 Å². The topological polar surface area (TPSA) is 54.6 Å². The summed E-state index contributed by atoms with van der Waals surface area (Å²) in [6.45, 7) is 2.22. The van der Waals surface area contributed by atoms with Gasteiger partial charge in [-0.2, -0.15) is 0 Å². The number of para-hydroxylation sites is 1. The van der Waals surface area contributed by atoms with E-state index in [0.29, 0.717) is 16.4 Å². The molecule has 2 aromatic carbocycles. The predicted molar refractivity (Wildman–Crippen MR) is 108 cm³/mol. The number of aliphatic imine (C=N–C) groups is 1. The van der Waals surface area contributed by atoms with E-state index in [9.17, 15) is 9.90 Å². The van der Waals surface area contributed by atoms with Gasteiger partial charge >= 0.3 is 4.87 Å². The zero-order valence-corrected chi connectivity index (χ0v) is 15.5. The highest BCUT2D eigenvalue weighted by atomic mass is 35.5. The van der Waals surface area contributed by atoms with Gasteiger partial charge in [0.2, 0.25) is 5.88 Å². The number of hydrogen-bond acceptors (Lipinski definition) is 4. The molecule has 3 aromatic rings. The van der Waals surface area contributed by atoms with E-state index in [2.05, 4.69) is 4.99 Å². The van der Waals surface area contributed by atoms with E-state index in [0.717, 1.165) is 39.4 Å². The lowest BCUT2D eigenvalue weighted by Crippen LogP contribution is -2.13. The highest BCUT2D eigenvalue weighted by molar-refractivity contribution is 7.10. The molecule has 1 aliphatic heterocycles. The second-order valence-electron chi connectivity index (χ2n) is 6.04. The highest BCUT2D eigenvalue weighted by Gasteiger charge is 2.20. The van der Waals surface area contributed by atoms with Crippen molar-refractivity contribution in [2.45, 2.75) is 13.5 Å². The van der Waals surface area contributed by atoms with E-state index in [1.54, 1.807) is 12.1 Å². The number of nitrogens with zero attached hydrogens (tertiary/aromatic N) is 2. The van der Waals surface area contributed by atoms with Gasteiger partial charge in [-0.15, -0.1) is 0 Å². The lowest BCUT2D eigenvalue weighted by atomic mass is 10.0. The predicted octanol–water partition coefficient (Wildman–Crippen LogP) is 4.96. The van der Waals surface area contributed by atoms with Crippen molar-refractivity contribution in [1.29, 1.82) is 0 Å². The summed E-state index contributed by atoms with van der Waals surface area (Å²) in [5, 5.41) is 11.2. The van der Waals surface area contributed by atoms with Gasteiger partial charge in [0.15, 0.2) is 0 Å². The van der Waals surface area contributed by atoms with Gasteiger partial charge in [0.1, 0.15) is 0 Å². The van der Waals surface area contributed by atoms with Gasteiger partial charge in [-0.05, 0) is 36.8 Å². The molecule has 130 valence electrons. The molecular weight excluding hydrogens is 368 g/mol. The molecule has 0 amide bonds. The second-order valence-corrected chi connectivity index (χ2v) is 7.47. The molecule has 0 saturated heterocycles. The summed E-state index contributed by atoms with van der Waals surface area (Å²) < 4.78 is 1.37. The van der Waals surface area contributed by atoms with Crippen molar-refractivity contribution in [1.82, 2.24) is 4.57 Å². The number of benzene rings is 2. The second kappa shape index (κ2) is 6.59. The Hall–Kier alpha value is -2.63. The Morgan fingerprint density at radius 2 is 1.92 bits per heavy atom. The van der Waals surface area contributed by atoms with Crippen molar-refractivity contribution < 1.29 is 5.11 Å². The number of thiazole rings is 1. The quantitative estimate of drug-likeness (QED) is 0.695. The first-order chi connectivity index (χ1) is 12.5. The molecule has 1 aromatic heterocycles. The molecule has 0 saturated carbocycles. The molecule has 4 rings (SSSR count). The van der Waals surface area contributed by atoms with Crippen LogP contribution in [0.3, 0.4) is 0 Å². The van der Waals surface area contributed by atoms with Crippen LogP contribution < -0.4 is 4.87 Å². The van der Waals surface area contributed by atoms with E-state index < -0.39 is 0 Å². The van der Waals surface area contributed by atoms with E-state index in [1.165, 1.54) is 4.57 Å². The standard InChI is InChI=1S/C20H15ClN2O2S/c1-12-16(15-4-2-3-5-17(15)22-12)10-18-19(24)23(20(25)26-18)11-13-6-8-14(21)9-7-13/h2-10,24H,11H2,1H3/b16-10-. The number of aromatic hydroxyl groups is 1. The molecule has 0 radical (unpaired) electrons. The van der Waals surface area contributed by atoms with Crippen LogP contribution in [-0.4, -0.2) is 15.4 Å². The number of aromatic nitrogens is 1. The molecule has 0 spiro atoms. The van der Waals surface area contributed by atoms with Crippen LogP contribution in [0.25, 0.3) is 11.6 Å². The zero-order chi connectivity index (χ0) is 18.3. The molecule has 0 bridgehead atoms. The maximum atomic E-state index is 12.4. The average Bonchev–Trinajstić information content (AvgIpc) is 3.08. The van der Waals surface area contributed by atoms with E-state index in [1.807, 2.05) is 49.4 Å². The third-order valence-electron chi connectivity index (χ3n) is 4.30. The minimum Gasteiger partial charge on any atom is -0.493 e. The zero-order valence-electron chi connectivity index (χ0n) is 13.9. The van der Waals surface area contributed by atoms with Crippen molar-refractivity contribution in [2.75, 3.05) is 0 Å². The smallest absolute Gasteiger partial charge is 0.310 e. The number of allylic oxidation sites excluding steroid dienone is 1. The average molecular weight is 383 g/mol. The molecule has 4 nitrogen and oxygen atoms in total. The number of hydrogen-bond donors (Lipinski definition) is 1. The Kier molecular flexibility index (Phi) is 4.26. The summed E-state index contributed by atoms with van der Waals surface area (Å²) >= 11 is 6.92. The summed E-state index contributed by atoms with van der Waals surface area (Å²) in [7, 11) is 0. The van der Waals surface area contributed by atoms with Gasteiger partial charge in [-0.25, -0.2) is 0 Å². The first kappa shape index (κ1) is 16.8. The fourth-order valence-electron chi connectivity index (χ4n) is 2.97. The van der Waals surface area contributed by atoms with Crippen molar-refractivity contribution in [3.05, 3.63) is 79.2 Å². The van der Waals surface area contributed by atoms with Crippen molar-refractivity contribution in [3.8, 4) is 5.88 Å². The van der Waals surface area contributed by atoms with Crippen molar-refractivity contribution in [3.63, 3.8) is 0 Å². The van der Waals surface area contributed by atoms with Gasteiger partial charge in [0.05, 0.1) is 17.1 Å². The highest BCUT2D eigenvalue weighted by Crippen LogP contribution is 2.37. The van der Waals surface area contributed by atoms with E-state index in [4.69, 9.17) is 11.6 Å².